The van der Waals surface area contributed by atoms with Crippen LogP contribution in [0.5, 0.6) is 0 Å². The summed E-state index contributed by atoms with van der Waals surface area (Å²) in [6.45, 7) is 11.3. The van der Waals surface area contributed by atoms with Crippen LogP contribution >= 0.6 is 11.6 Å². The molecule has 2 aromatic rings. The Balaban J connectivity index is 2.44. The SMILES string of the molecule is CCC(C(=O)NC(C)(C)C)N(Cc1ccc(Cl)cc1)C(=O)CN(c1ccc(C(C)C)cc1)S(C)(=O)=O. The van der Waals surface area contributed by atoms with Gasteiger partial charge in [-0.15, -0.1) is 0 Å². The van der Waals surface area contributed by atoms with E-state index in [-0.39, 0.29) is 18.4 Å². The molecule has 0 bridgehead atoms. The molecule has 1 unspecified atom stereocenters. The first-order valence-electron chi connectivity index (χ1n) is 12.1. The largest absolute Gasteiger partial charge is 0.350 e. The Bertz CT molecular complexity index is 1140. The fraction of sp³-hybridized carbons (Fsp3) is 0.481. The predicted octanol–water partition coefficient (Wildman–Crippen LogP) is 4.95. The lowest BCUT2D eigenvalue weighted by Crippen LogP contribution is -2.55. The first-order chi connectivity index (χ1) is 16.6. The Kier molecular flexibility index (Phi) is 9.97. The van der Waals surface area contributed by atoms with Crippen LogP contribution in [0, 0.1) is 0 Å². The van der Waals surface area contributed by atoms with Gasteiger partial charge in [-0.05, 0) is 68.5 Å². The Morgan fingerprint density at radius 3 is 2.00 bits per heavy atom. The summed E-state index contributed by atoms with van der Waals surface area (Å²) in [6.07, 6.45) is 1.44. The highest BCUT2D eigenvalue weighted by Gasteiger charge is 2.33. The quantitative estimate of drug-likeness (QED) is 0.466. The Morgan fingerprint density at radius 1 is 1.00 bits per heavy atom. The number of carbonyl (C=O) groups excluding carboxylic acids is 2. The molecule has 7 nitrogen and oxygen atoms in total. The number of anilines is 1. The van der Waals surface area contributed by atoms with Gasteiger partial charge in [0, 0.05) is 17.1 Å². The molecule has 0 aliphatic heterocycles. The number of sulfonamides is 1. The van der Waals surface area contributed by atoms with Crippen molar-refractivity contribution < 1.29 is 18.0 Å². The van der Waals surface area contributed by atoms with Crippen molar-refractivity contribution in [3.05, 3.63) is 64.7 Å². The van der Waals surface area contributed by atoms with Gasteiger partial charge in [-0.3, -0.25) is 13.9 Å². The molecule has 0 aromatic heterocycles. The standard InChI is InChI=1S/C27H38ClN3O4S/c1-8-24(26(33)29-27(4,5)6)30(17-20-9-13-22(28)14-10-20)25(32)18-31(36(7,34)35)23-15-11-21(12-16-23)19(2)3/h9-16,19,24H,8,17-18H2,1-7H3,(H,29,33). The fourth-order valence-electron chi connectivity index (χ4n) is 3.80. The summed E-state index contributed by atoms with van der Waals surface area (Å²) in [6, 6.07) is 13.4. The molecule has 1 atom stereocenters. The first-order valence-corrected chi connectivity index (χ1v) is 14.3. The second kappa shape index (κ2) is 12.1. The third kappa shape index (κ3) is 8.52. The number of carbonyl (C=O) groups is 2. The molecular weight excluding hydrogens is 498 g/mol. The number of benzene rings is 2. The Morgan fingerprint density at radius 2 is 1.56 bits per heavy atom. The Labute approximate surface area is 220 Å². The second-order valence-corrected chi connectivity index (χ2v) is 12.7. The van der Waals surface area contributed by atoms with E-state index in [0.717, 1.165) is 21.7 Å². The number of amides is 2. The van der Waals surface area contributed by atoms with E-state index < -0.39 is 34.1 Å². The highest BCUT2D eigenvalue weighted by atomic mass is 35.5. The summed E-state index contributed by atoms with van der Waals surface area (Å²) in [5.74, 6) is -0.479. The smallest absolute Gasteiger partial charge is 0.244 e. The van der Waals surface area contributed by atoms with E-state index in [2.05, 4.69) is 19.2 Å². The van der Waals surface area contributed by atoms with Crippen LogP contribution < -0.4 is 9.62 Å². The highest BCUT2D eigenvalue weighted by molar-refractivity contribution is 7.92. The van der Waals surface area contributed by atoms with Crippen molar-refractivity contribution in [3.8, 4) is 0 Å². The summed E-state index contributed by atoms with van der Waals surface area (Å²) < 4.78 is 26.5. The average Bonchev–Trinajstić information content (AvgIpc) is 2.76. The van der Waals surface area contributed by atoms with E-state index in [0.29, 0.717) is 17.1 Å². The molecule has 0 fully saturated rings. The molecule has 1 N–H and O–H groups in total. The zero-order valence-electron chi connectivity index (χ0n) is 22.2. The zero-order chi connectivity index (χ0) is 27.3. The fourth-order valence-corrected chi connectivity index (χ4v) is 4.77. The molecule has 0 saturated carbocycles. The molecule has 2 rings (SSSR count). The van der Waals surface area contributed by atoms with Gasteiger partial charge in [0.15, 0.2) is 0 Å². The van der Waals surface area contributed by atoms with Gasteiger partial charge in [-0.1, -0.05) is 56.6 Å². The minimum atomic E-state index is -3.77. The molecule has 0 radical (unpaired) electrons. The minimum Gasteiger partial charge on any atom is -0.350 e. The topological polar surface area (TPSA) is 86.8 Å². The van der Waals surface area contributed by atoms with Gasteiger partial charge in [-0.25, -0.2) is 8.42 Å². The van der Waals surface area contributed by atoms with Crippen LogP contribution in [-0.4, -0.2) is 49.5 Å². The van der Waals surface area contributed by atoms with E-state index in [1.165, 1.54) is 4.90 Å². The molecule has 0 aliphatic carbocycles. The van der Waals surface area contributed by atoms with E-state index in [1.807, 2.05) is 39.8 Å². The van der Waals surface area contributed by atoms with Crippen molar-refractivity contribution in [2.24, 2.45) is 0 Å². The van der Waals surface area contributed by atoms with E-state index in [1.54, 1.807) is 36.4 Å². The molecule has 36 heavy (non-hydrogen) atoms. The van der Waals surface area contributed by atoms with Crippen molar-refractivity contribution in [2.45, 2.75) is 72.0 Å². The number of nitrogens with zero attached hydrogens (tertiary/aromatic N) is 2. The molecule has 0 spiro atoms. The van der Waals surface area contributed by atoms with Gasteiger partial charge >= 0.3 is 0 Å². The second-order valence-electron chi connectivity index (χ2n) is 10.3. The summed E-state index contributed by atoms with van der Waals surface area (Å²) in [7, 11) is -3.77. The van der Waals surface area contributed by atoms with Crippen molar-refractivity contribution in [3.63, 3.8) is 0 Å². The van der Waals surface area contributed by atoms with Gasteiger partial charge in [0.25, 0.3) is 0 Å². The summed E-state index contributed by atoms with van der Waals surface area (Å²) in [4.78, 5) is 28.3. The van der Waals surface area contributed by atoms with Crippen LogP contribution in [0.3, 0.4) is 0 Å². The number of nitrogens with one attached hydrogen (secondary N) is 1. The van der Waals surface area contributed by atoms with Crippen molar-refractivity contribution >= 4 is 39.1 Å². The number of halogens is 1. The molecule has 2 aromatic carbocycles. The van der Waals surface area contributed by atoms with Crippen LogP contribution in [0.4, 0.5) is 5.69 Å². The number of hydrogen-bond acceptors (Lipinski definition) is 4. The molecule has 198 valence electrons. The minimum absolute atomic E-state index is 0.135. The van der Waals surface area contributed by atoms with Crippen LogP contribution in [0.1, 0.15) is 65.0 Å². The highest BCUT2D eigenvalue weighted by Crippen LogP contribution is 2.23. The summed E-state index contributed by atoms with van der Waals surface area (Å²) in [5, 5.41) is 3.50. The number of rotatable bonds is 10. The normalized spacial score (nSPS) is 12.8. The number of hydrogen-bond donors (Lipinski definition) is 1. The predicted molar refractivity (Wildman–Crippen MR) is 147 cm³/mol. The molecule has 0 heterocycles. The maximum absolute atomic E-state index is 13.7. The molecule has 9 heteroatoms. The lowest BCUT2D eigenvalue weighted by molar-refractivity contribution is -0.141. The van der Waals surface area contributed by atoms with E-state index in [4.69, 9.17) is 11.6 Å². The van der Waals surface area contributed by atoms with Crippen LogP contribution in [0.2, 0.25) is 5.02 Å². The summed E-state index contributed by atoms with van der Waals surface area (Å²) in [5.41, 5.74) is 1.75. The summed E-state index contributed by atoms with van der Waals surface area (Å²) >= 11 is 6.02. The van der Waals surface area contributed by atoms with Crippen LogP contribution in [0.25, 0.3) is 0 Å². The zero-order valence-corrected chi connectivity index (χ0v) is 23.8. The molecule has 2 amide bonds. The van der Waals surface area contributed by atoms with Crippen molar-refractivity contribution in [2.75, 3.05) is 17.1 Å². The van der Waals surface area contributed by atoms with Gasteiger partial charge in [0.05, 0.1) is 11.9 Å². The van der Waals surface area contributed by atoms with Gasteiger partial charge in [0.1, 0.15) is 12.6 Å². The molecular formula is C27H38ClN3O4S. The molecule has 0 saturated heterocycles. The first kappa shape index (κ1) is 29.6. The van der Waals surface area contributed by atoms with Crippen molar-refractivity contribution in [1.82, 2.24) is 10.2 Å². The lowest BCUT2D eigenvalue weighted by Gasteiger charge is -2.34. The van der Waals surface area contributed by atoms with E-state index >= 15 is 0 Å². The average molecular weight is 536 g/mol. The third-order valence-electron chi connectivity index (χ3n) is 5.68. The van der Waals surface area contributed by atoms with E-state index in [9.17, 15) is 18.0 Å². The third-order valence-corrected chi connectivity index (χ3v) is 7.07. The van der Waals surface area contributed by atoms with Gasteiger partial charge in [-0.2, -0.15) is 0 Å². The maximum atomic E-state index is 13.7. The monoisotopic (exact) mass is 535 g/mol. The Hall–Kier alpha value is -2.58. The molecule has 0 aliphatic rings. The van der Waals surface area contributed by atoms with Gasteiger partial charge in [0.2, 0.25) is 21.8 Å². The van der Waals surface area contributed by atoms with Crippen LogP contribution in [0.15, 0.2) is 48.5 Å². The van der Waals surface area contributed by atoms with Gasteiger partial charge < -0.3 is 10.2 Å². The van der Waals surface area contributed by atoms with Crippen LogP contribution in [-0.2, 0) is 26.2 Å². The maximum Gasteiger partial charge on any atom is 0.244 e. The lowest BCUT2D eigenvalue weighted by atomic mass is 10.0. The van der Waals surface area contributed by atoms with Crippen molar-refractivity contribution in [1.29, 1.82) is 0 Å².